The van der Waals surface area contributed by atoms with Gasteiger partial charge in [-0.1, -0.05) is 30.3 Å². The Morgan fingerprint density at radius 1 is 1.07 bits per heavy atom. The van der Waals surface area contributed by atoms with Crippen LogP contribution < -0.4 is 5.73 Å². The zero-order chi connectivity index (χ0) is 9.97. The standard InChI is InChI=1S/C11H9NOS/c12-11(13)10-7-6-9(14-10)8-4-2-1-3-5-8/h1-7H,(H2,12,13). The Bertz CT molecular complexity index is 447. The van der Waals surface area contributed by atoms with E-state index in [4.69, 9.17) is 5.73 Å². The second-order valence-electron chi connectivity index (χ2n) is 2.89. The summed E-state index contributed by atoms with van der Waals surface area (Å²) in [7, 11) is 0. The van der Waals surface area contributed by atoms with E-state index in [-0.39, 0.29) is 5.91 Å². The van der Waals surface area contributed by atoms with Gasteiger partial charge >= 0.3 is 0 Å². The molecule has 1 heterocycles. The minimum Gasteiger partial charge on any atom is -0.365 e. The van der Waals surface area contributed by atoms with Crippen LogP contribution in [0.1, 0.15) is 9.67 Å². The van der Waals surface area contributed by atoms with Crippen LogP contribution in [0.25, 0.3) is 10.4 Å². The van der Waals surface area contributed by atoms with Crippen LogP contribution in [0.3, 0.4) is 0 Å². The predicted octanol–water partition coefficient (Wildman–Crippen LogP) is 2.51. The van der Waals surface area contributed by atoms with Crippen molar-refractivity contribution in [1.82, 2.24) is 0 Å². The molecule has 0 aliphatic heterocycles. The molecule has 2 N–H and O–H groups in total. The lowest BCUT2D eigenvalue weighted by molar-refractivity contribution is 0.100. The van der Waals surface area contributed by atoms with E-state index in [1.54, 1.807) is 6.07 Å². The summed E-state index contributed by atoms with van der Waals surface area (Å²) >= 11 is 1.42. The fraction of sp³-hybridized carbons (Fsp3) is 0. The van der Waals surface area contributed by atoms with Crippen molar-refractivity contribution in [2.24, 2.45) is 5.73 Å². The van der Waals surface area contributed by atoms with Gasteiger partial charge in [0.15, 0.2) is 0 Å². The molecule has 70 valence electrons. The maximum Gasteiger partial charge on any atom is 0.258 e. The van der Waals surface area contributed by atoms with Crippen LogP contribution >= 0.6 is 11.3 Å². The second-order valence-corrected chi connectivity index (χ2v) is 3.98. The van der Waals surface area contributed by atoms with Crippen molar-refractivity contribution < 1.29 is 4.79 Å². The van der Waals surface area contributed by atoms with Gasteiger partial charge in [-0.2, -0.15) is 0 Å². The highest BCUT2D eigenvalue weighted by atomic mass is 32.1. The summed E-state index contributed by atoms with van der Waals surface area (Å²) in [6, 6.07) is 13.6. The molecular weight excluding hydrogens is 194 g/mol. The number of benzene rings is 1. The van der Waals surface area contributed by atoms with E-state index in [1.165, 1.54) is 11.3 Å². The van der Waals surface area contributed by atoms with Crippen molar-refractivity contribution in [3.63, 3.8) is 0 Å². The predicted molar refractivity (Wildman–Crippen MR) is 58.3 cm³/mol. The Hall–Kier alpha value is -1.61. The Morgan fingerprint density at radius 2 is 1.79 bits per heavy atom. The SMILES string of the molecule is NC(=O)c1ccc(-c2ccccc2)s1. The molecule has 0 radical (unpaired) electrons. The fourth-order valence-electron chi connectivity index (χ4n) is 1.23. The van der Waals surface area contributed by atoms with E-state index < -0.39 is 0 Å². The van der Waals surface area contributed by atoms with Gasteiger partial charge in [-0.3, -0.25) is 4.79 Å². The van der Waals surface area contributed by atoms with Gasteiger partial charge < -0.3 is 5.73 Å². The highest BCUT2D eigenvalue weighted by Gasteiger charge is 2.05. The molecular formula is C11H9NOS. The van der Waals surface area contributed by atoms with Crippen LogP contribution in [0.5, 0.6) is 0 Å². The summed E-state index contributed by atoms with van der Waals surface area (Å²) in [5, 5.41) is 0. The zero-order valence-electron chi connectivity index (χ0n) is 7.44. The molecule has 1 amide bonds. The number of hydrogen-bond acceptors (Lipinski definition) is 2. The number of hydrogen-bond donors (Lipinski definition) is 1. The van der Waals surface area contributed by atoms with Crippen LogP contribution in [0, 0.1) is 0 Å². The first kappa shape index (κ1) is 8.97. The monoisotopic (exact) mass is 203 g/mol. The number of amides is 1. The Labute approximate surface area is 86.0 Å². The van der Waals surface area contributed by atoms with Gasteiger partial charge in [-0.15, -0.1) is 11.3 Å². The van der Waals surface area contributed by atoms with Crippen LogP contribution in [0.4, 0.5) is 0 Å². The molecule has 1 aromatic heterocycles. The van der Waals surface area contributed by atoms with Gasteiger partial charge in [0.2, 0.25) is 0 Å². The third-order valence-electron chi connectivity index (χ3n) is 1.91. The van der Waals surface area contributed by atoms with E-state index >= 15 is 0 Å². The van der Waals surface area contributed by atoms with E-state index in [0.29, 0.717) is 4.88 Å². The summed E-state index contributed by atoms with van der Waals surface area (Å²) in [6.07, 6.45) is 0. The summed E-state index contributed by atoms with van der Waals surface area (Å²) in [4.78, 5) is 12.5. The first-order valence-electron chi connectivity index (χ1n) is 4.22. The molecule has 2 nitrogen and oxygen atoms in total. The van der Waals surface area contributed by atoms with Crippen molar-refractivity contribution in [1.29, 1.82) is 0 Å². The second kappa shape index (κ2) is 3.64. The average Bonchev–Trinajstić information content (AvgIpc) is 2.68. The van der Waals surface area contributed by atoms with Crippen LogP contribution in [-0.4, -0.2) is 5.91 Å². The number of carbonyl (C=O) groups excluding carboxylic acids is 1. The minimum atomic E-state index is -0.364. The molecule has 0 saturated carbocycles. The van der Waals surface area contributed by atoms with Crippen molar-refractivity contribution in [3.05, 3.63) is 47.3 Å². The summed E-state index contributed by atoms with van der Waals surface area (Å²) in [6.45, 7) is 0. The first-order valence-corrected chi connectivity index (χ1v) is 5.04. The topological polar surface area (TPSA) is 43.1 Å². The molecule has 2 rings (SSSR count). The highest BCUT2D eigenvalue weighted by Crippen LogP contribution is 2.27. The molecule has 0 saturated heterocycles. The molecule has 1 aromatic carbocycles. The quantitative estimate of drug-likeness (QED) is 0.800. The molecule has 0 bridgehead atoms. The van der Waals surface area contributed by atoms with Gasteiger partial charge in [0.25, 0.3) is 5.91 Å². The lowest BCUT2D eigenvalue weighted by atomic mass is 10.2. The third-order valence-corrected chi connectivity index (χ3v) is 3.06. The van der Waals surface area contributed by atoms with Crippen LogP contribution in [-0.2, 0) is 0 Å². The average molecular weight is 203 g/mol. The van der Waals surface area contributed by atoms with Crippen molar-refractivity contribution in [2.75, 3.05) is 0 Å². The van der Waals surface area contributed by atoms with Crippen LogP contribution in [0.2, 0.25) is 0 Å². The molecule has 0 unspecified atom stereocenters. The van der Waals surface area contributed by atoms with Crippen LogP contribution in [0.15, 0.2) is 42.5 Å². The molecule has 3 heteroatoms. The van der Waals surface area contributed by atoms with E-state index in [1.807, 2.05) is 36.4 Å². The highest BCUT2D eigenvalue weighted by molar-refractivity contribution is 7.17. The van der Waals surface area contributed by atoms with Gasteiger partial charge in [-0.25, -0.2) is 0 Å². The number of primary amides is 1. The fourth-order valence-corrected chi connectivity index (χ4v) is 2.09. The molecule has 0 spiro atoms. The van der Waals surface area contributed by atoms with E-state index in [2.05, 4.69) is 0 Å². The minimum absolute atomic E-state index is 0.364. The molecule has 0 aliphatic rings. The Kier molecular flexibility index (Phi) is 2.33. The Balaban J connectivity index is 2.39. The third kappa shape index (κ3) is 1.67. The molecule has 0 fully saturated rings. The van der Waals surface area contributed by atoms with Crippen molar-refractivity contribution >= 4 is 17.2 Å². The van der Waals surface area contributed by atoms with Gasteiger partial charge in [0.1, 0.15) is 0 Å². The zero-order valence-corrected chi connectivity index (χ0v) is 8.25. The van der Waals surface area contributed by atoms with E-state index in [9.17, 15) is 4.79 Å². The summed E-state index contributed by atoms with van der Waals surface area (Å²) in [5.74, 6) is -0.364. The largest absolute Gasteiger partial charge is 0.365 e. The lowest BCUT2D eigenvalue weighted by Crippen LogP contribution is -2.07. The summed E-state index contributed by atoms with van der Waals surface area (Å²) < 4.78 is 0. The normalized spacial score (nSPS) is 10.0. The number of rotatable bonds is 2. The van der Waals surface area contributed by atoms with Gasteiger partial charge in [-0.05, 0) is 17.7 Å². The van der Waals surface area contributed by atoms with Gasteiger partial charge in [0, 0.05) is 4.88 Å². The lowest BCUT2D eigenvalue weighted by Gasteiger charge is -1.94. The molecule has 2 aromatic rings. The van der Waals surface area contributed by atoms with Crippen molar-refractivity contribution in [2.45, 2.75) is 0 Å². The number of thiophene rings is 1. The smallest absolute Gasteiger partial charge is 0.258 e. The molecule has 0 aliphatic carbocycles. The number of carbonyl (C=O) groups is 1. The maximum absolute atomic E-state index is 10.9. The molecule has 14 heavy (non-hydrogen) atoms. The summed E-state index contributed by atoms with van der Waals surface area (Å²) in [5.41, 5.74) is 6.29. The van der Waals surface area contributed by atoms with Gasteiger partial charge in [0.05, 0.1) is 4.88 Å². The first-order chi connectivity index (χ1) is 6.77. The maximum atomic E-state index is 10.9. The Morgan fingerprint density at radius 3 is 2.36 bits per heavy atom. The molecule has 0 atom stereocenters. The van der Waals surface area contributed by atoms with E-state index in [0.717, 1.165) is 10.4 Å². The number of nitrogens with two attached hydrogens (primary N) is 1. The van der Waals surface area contributed by atoms with Crippen molar-refractivity contribution in [3.8, 4) is 10.4 Å².